The number of carbonyl (C=O) groups excluding carboxylic acids is 1. The molecule has 19 heavy (non-hydrogen) atoms. The summed E-state index contributed by atoms with van der Waals surface area (Å²) in [6.07, 6.45) is 0. The molecule has 0 saturated carbocycles. The molecule has 0 fully saturated rings. The second-order valence-electron chi connectivity index (χ2n) is 3.81. The average molecular weight is 283 g/mol. The molecular weight excluding hydrogens is 274 g/mol. The Morgan fingerprint density at radius 3 is 2.53 bits per heavy atom. The molecule has 0 radical (unpaired) electrons. The van der Waals surface area contributed by atoms with E-state index in [-0.39, 0.29) is 16.9 Å². The van der Waals surface area contributed by atoms with Crippen LogP contribution in [0, 0.1) is 11.6 Å². The number of nitrogens with one attached hydrogen (secondary N) is 1. The Kier molecular flexibility index (Phi) is 3.66. The fraction of sp³-hybridized carbons (Fsp3) is 0. The van der Waals surface area contributed by atoms with Crippen LogP contribution in [-0.4, -0.2) is 5.91 Å². The molecule has 0 aliphatic heterocycles. The summed E-state index contributed by atoms with van der Waals surface area (Å²) in [6, 6.07) is 7.48. The van der Waals surface area contributed by atoms with Gasteiger partial charge in [0, 0.05) is 22.5 Å². The predicted octanol–water partition coefficient (Wildman–Crippen LogP) is 3.45. The highest BCUT2D eigenvalue weighted by Crippen LogP contribution is 2.20. The summed E-state index contributed by atoms with van der Waals surface area (Å²) in [4.78, 5) is 11.9. The third kappa shape index (κ3) is 3.00. The summed E-state index contributed by atoms with van der Waals surface area (Å²) >= 11 is 5.76. The Morgan fingerprint density at radius 2 is 1.84 bits per heavy atom. The molecule has 0 atom stereocenters. The molecule has 0 unspecified atom stereocenters. The molecule has 98 valence electrons. The van der Waals surface area contributed by atoms with E-state index in [0.29, 0.717) is 5.02 Å². The van der Waals surface area contributed by atoms with Crippen molar-refractivity contribution >= 4 is 28.9 Å². The molecular formula is C13H9ClF2N2O. The van der Waals surface area contributed by atoms with E-state index in [1.807, 2.05) is 0 Å². The lowest BCUT2D eigenvalue weighted by atomic mass is 10.1. The fourth-order valence-corrected chi connectivity index (χ4v) is 1.67. The standard InChI is InChI=1S/C13H9ClF2N2O/c14-7-1-4-12(17)9(5-7)13(19)18-8-2-3-10(15)11(16)6-8/h1-6H,17H2,(H,18,19). The first-order chi connectivity index (χ1) is 8.97. The van der Waals surface area contributed by atoms with E-state index in [1.54, 1.807) is 6.07 Å². The predicted molar refractivity (Wildman–Crippen MR) is 70.2 cm³/mol. The number of anilines is 2. The monoisotopic (exact) mass is 282 g/mol. The topological polar surface area (TPSA) is 55.1 Å². The van der Waals surface area contributed by atoms with Gasteiger partial charge in [0.25, 0.3) is 5.91 Å². The van der Waals surface area contributed by atoms with Crippen LogP contribution in [0.4, 0.5) is 20.2 Å². The minimum absolute atomic E-state index is 0.128. The van der Waals surface area contributed by atoms with Crippen molar-refractivity contribution in [1.82, 2.24) is 0 Å². The lowest BCUT2D eigenvalue weighted by Gasteiger charge is -2.08. The summed E-state index contributed by atoms with van der Waals surface area (Å²) in [5, 5.41) is 2.76. The zero-order chi connectivity index (χ0) is 14.0. The third-order valence-electron chi connectivity index (χ3n) is 2.44. The Bertz CT molecular complexity index is 647. The van der Waals surface area contributed by atoms with Gasteiger partial charge < -0.3 is 11.1 Å². The Hall–Kier alpha value is -2.14. The third-order valence-corrected chi connectivity index (χ3v) is 2.67. The molecule has 0 aromatic heterocycles. The Labute approximate surface area is 113 Å². The van der Waals surface area contributed by atoms with E-state index in [2.05, 4.69) is 5.32 Å². The first-order valence-corrected chi connectivity index (χ1v) is 5.66. The van der Waals surface area contributed by atoms with Crippen LogP contribution in [0.3, 0.4) is 0 Å². The molecule has 0 aliphatic carbocycles. The maximum absolute atomic E-state index is 13.0. The Balaban J connectivity index is 2.25. The van der Waals surface area contributed by atoms with Gasteiger partial charge in [-0.2, -0.15) is 0 Å². The molecule has 0 spiro atoms. The highest BCUT2D eigenvalue weighted by molar-refractivity contribution is 6.31. The van der Waals surface area contributed by atoms with E-state index >= 15 is 0 Å². The van der Waals surface area contributed by atoms with Gasteiger partial charge in [0.15, 0.2) is 11.6 Å². The van der Waals surface area contributed by atoms with Gasteiger partial charge in [0.2, 0.25) is 0 Å². The zero-order valence-electron chi connectivity index (χ0n) is 9.58. The molecule has 1 amide bonds. The van der Waals surface area contributed by atoms with Gasteiger partial charge in [0.05, 0.1) is 5.56 Å². The smallest absolute Gasteiger partial charge is 0.257 e. The Morgan fingerprint density at radius 1 is 1.11 bits per heavy atom. The van der Waals surface area contributed by atoms with Gasteiger partial charge in [-0.3, -0.25) is 4.79 Å². The molecule has 3 N–H and O–H groups in total. The van der Waals surface area contributed by atoms with E-state index in [1.165, 1.54) is 18.2 Å². The number of rotatable bonds is 2. The van der Waals surface area contributed by atoms with Crippen LogP contribution in [0.1, 0.15) is 10.4 Å². The van der Waals surface area contributed by atoms with Crippen LogP contribution in [0.2, 0.25) is 5.02 Å². The lowest BCUT2D eigenvalue weighted by molar-refractivity contribution is 0.102. The highest BCUT2D eigenvalue weighted by Gasteiger charge is 2.11. The number of carbonyl (C=O) groups is 1. The van der Waals surface area contributed by atoms with Gasteiger partial charge in [0.1, 0.15) is 0 Å². The van der Waals surface area contributed by atoms with E-state index in [4.69, 9.17) is 17.3 Å². The van der Waals surface area contributed by atoms with Crippen molar-refractivity contribution in [2.75, 3.05) is 11.1 Å². The fourth-order valence-electron chi connectivity index (χ4n) is 1.50. The SMILES string of the molecule is Nc1ccc(Cl)cc1C(=O)Nc1ccc(F)c(F)c1. The van der Waals surface area contributed by atoms with Crippen LogP contribution in [0.15, 0.2) is 36.4 Å². The number of hydrogen-bond acceptors (Lipinski definition) is 2. The summed E-state index contributed by atoms with van der Waals surface area (Å²) in [6.45, 7) is 0. The highest BCUT2D eigenvalue weighted by atomic mass is 35.5. The zero-order valence-corrected chi connectivity index (χ0v) is 10.3. The number of nitrogens with two attached hydrogens (primary N) is 1. The van der Waals surface area contributed by atoms with Crippen LogP contribution >= 0.6 is 11.6 Å². The van der Waals surface area contributed by atoms with Crippen molar-refractivity contribution in [3.05, 3.63) is 58.6 Å². The normalized spacial score (nSPS) is 10.3. The van der Waals surface area contributed by atoms with E-state index in [0.717, 1.165) is 12.1 Å². The van der Waals surface area contributed by atoms with Gasteiger partial charge >= 0.3 is 0 Å². The number of hydrogen-bond donors (Lipinski definition) is 2. The largest absolute Gasteiger partial charge is 0.398 e. The first kappa shape index (κ1) is 13.3. The van der Waals surface area contributed by atoms with E-state index < -0.39 is 17.5 Å². The summed E-state index contributed by atoms with van der Waals surface area (Å²) in [5.41, 5.74) is 6.18. The van der Waals surface area contributed by atoms with Crippen LogP contribution < -0.4 is 11.1 Å². The van der Waals surface area contributed by atoms with Crippen LogP contribution in [-0.2, 0) is 0 Å². The molecule has 0 saturated heterocycles. The number of benzene rings is 2. The second kappa shape index (κ2) is 5.24. The number of amides is 1. The van der Waals surface area contributed by atoms with Crippen molar-refractivity contribution < 1.29 is 13.6 Å². The minimum atomic E-state index is -1.04. The first-order valence-electron chi connectivity index (χ1n) is 5.29. The molecule has 2 aromatic carbocycles. The van der Waals surface area contributed by atoms with Crippen LogP contribution in [0.25, 0.3) is 0 Å². The van der Waals surface area contributed by atoms with Gasteiger partial charge in [-0.05, 0) is 30.3 Å². The lowest BCUT2D eigenvalue weighted by Crippen LogP contribution is -2.14. The summed E-state index contributed by atoms with van der Waals surface area (Å²) in [5.74, 6) is -2.58. The van der Waals surface area contributed by atoms with Crippen LogP contribution in [0.5, 0.6) is 0 Å². The van der Waals surface area contributed by atoms with E-state index in [9.17, 15) is 13.6 Å². The quantitative estimate of drug-likeness (QED) is 0.829. The molecule has 3 nitrogen and oxygen atoms in total. The minimum Gasteiger partial charge on any atom is -0.398 e. The van der Waals surface area contributed by atoms with Crippen molar-refractivity contribution in [1.29, 1.82) is 0 Å². The summed E-state index contributed by atoms with van der Waals surface area (Å²) < 4.78 is 25.8. The second-order valence-corrected chi connectivity index (χ2v) is 4.25. The van der Waals surface area contributed by atoms with Gasteiger partial charge in [-0.25, -0.2) is 8.78 Å². The van der Waals surface area contributed by atoms with Crippen molar-refractivity contribution in [2.45, 2.75) is 0 Å². The number of nitrogen functional groups attached to an aromatic ring is 1. The maximum atomic E-state index is 13.0. The molecule has 2 aromatic rings. The van der Waals surface area contributed by atoms with Gasteiger partial charge in [-0.15, -0.1) is 0 Å². The summed E-state index contributed by atoms with van der Waals surface area (Å²) in [7, 11) is 0. The molecule has 0 bridgehead atoms. The van der Waals surface area contributed by atoms with Gasteiger partial charge in [-0.1, -0.05) is 11.6 Å². The average Bonchev–Trinajstić information content (AvgIpc) is 2.36. The van der Waals surface area contributed by atoms with Crippen molar-refractivity contribution in [3.63, 3.8) is 0 Å². The molecule has 6 heteroatoms. The maximum Gasteiger partial charge on any atom is 0.257 e. The molecule has 2 rings (SSSR count). The number of halogens is 3. The molecule has 0 heterocycles. The van der Waals surface area contributed by atoms with Crippen molar-refractivity contribution in [3.8, 4) is 0 Å². The molecule has 0 aliphatic rings. The van der Waals surface area contributed by atoms with Crippen molar-refractivity contribution in [2.24, 2.45) is 0 Å².